The zero-order chi connectivity index (χ0) is 29.0. The topological polar surface area (TPSA) is 30.7 Å². The maximum absolute atomic E-state index is 5.25. The van der Waals surface area contributed by atoms with Crippen molar-refractivity contribution in [3.8, 4) is 39.5 Å². The monoisotopic (exact) mass is 579 g/mol. The van der Waals surface area contributed by atoms with Gasteiger partial charge in [0.05, 0.1) is 26.9 Å². The second kappa shape index (κ2) is 10.0. The molecule has 0 atom stereocenters. The summed E-state index contributed by atoms with van der Waals surface area (Å²) in [5.74, 6) is 0.738. The second-order valence-corrected chi connectivity index (χ2v) is 12.1. The van der Waals surface area contributed by atoms with E-state index in [1.54, 1.807) is 11.3 Å². The number of rotatable bonds is 4. The number of thiophene rings is 1. The minimum Gasteiger partial charge on any atom is -0.309 e. The highest BCUT2D eigenvalue weighted by molar-refractivity contribution is 7.26. The van der Waals surface area contributed by atoms with Gasteiger partial charge in [-0.3, -0.25) is 0 Å². The Hall–Kier alpha value is -5.58. The molecule has 9 aromatic rings. The first-order valence-electron chi connectivity index (χ1n) is 14.8. The van der Waals surface area contributed by atoms with Crippen LogP contribution in [0.4, 0.5) is 0 Å². The summed E-state index contributed by atoms with van der Waals surface area (Å²) in [7, 11) is 0. The van der Waals surface area contributed by atoms with Crippen LogP contribution in [0.15, 0.2) is 152 Å². The Morgan fingerprint density at radius 2 is 1.11 bits per heavy atom. The number of para-hydroxylation sites is 2. The lowest BCUT2D eigenvalue weighted by Gasteiger charge is -2.09. The van der Waals surface area contributed by atoms with Crippen molar-refractivity contribution < 1.29 is 0 Å². The van der Waals surface area contributed by atoms with Crippen molar-refractivity contribution in [2.24, 2.45) is 0 Å². The van der Waals surface area contributed by atoms with Gasteiger partial charge < -0.3 is 4.57 Å². The van der Waals surface area contributed by atoms with Crippen molar-refractivity contribution in [1.82, 2.24) is 14.5 Å². The summed E-state index contributed by atoms with van der Waals surface area (Å²) in [6.07, 6.45) is 0. The van der Waals surface area contributed by atoms with Crippen LogP contribution in [0.5, 0.6) is 0 Å². The number of fused-ring (bicyclic) bond motifs is 6. The van der Waals surface area contributed by atoms with Crippen LogP contribution in [0.1, 0.15) is 0 Å². The van der Waals surface area contributed by atoms with Crippen molar-refractivity contribution in [2.75, 3.05) is 0 Å². The van der Waals surface area contributed by atoms with Gasteiger partial charge in [-0.1, -0.05) is 115 Å². The second-order valence-electron chi connectivity index (χ2n) is 11.0. The van der Waals surface area contributed by atoms with Gasteiger partial charge >= 0.3 is 0 Å². The number of hydrogen-bond donors (Lipinski definition) is 0. The normalized spacial score (nSPS) is 11.6. The fourth-order valence-electron chi connectivity index (χ4n) is 6.35. The highest BCUT2D eigenvalue weighted by atomic mass is 32.1. The van der Waals surface area contributed by atoms with Crippen molar-refractivity contribution in [2.45, 2.75) is 0 Å². The minimum atomic E-state index is 0.738. The molecular formula is C40H25N3S. The predicted octanol–water partition coefficient (Wildman–Crippen LogP) is 10.9. The Kier molecular flexibility index (Phi) is 5.68. The first-order valence-corrected chi connectivity index (χ1v) is 15.6. The lowest BCUT2D eigenvalue weighted by Crippen LogP contribution is -1.94. The minimum absolute atomic E-state index is 0.738. The van der Waals surface area contributed by atoms with Gasteiger partial charge in [0.15, 0.2) is 5.82 Å². The third-order valence-electron chi connectivity index (χ3n) is 8.40. The summed E-state index contributed by atoms with van der Waals surface area (Å²) in [4.78, 5) is 10.5. The molecular weight excluding hydrogens is 555 g/mol. The maximum atomic E-state index is 5.25. The van der Waals surface area contributed by atoms with Crippen molar-refractivity contribution >= 4 is 53.4 Å². The summed E-state index contributed by atoms with van der Waals surface area (Å²) in [5, 5.41) is 3.64. The fraction of sp³-hybridized carbons (Fsp3) is 0. The largest absolute Gasteiger partial charge is 0.309 e. The number of aromatic nitrogens is 3. The highest BCUT2D eigenvalue weighted by Crippen LogP contribution is 2.43. The molecule has 0 N–H and O–H groups in total. The van der Waals surface area contributed by atoms with Crippen LogP contribution in [0.2, 0.25) is 0 Å². The van der Waals surface area contributed by atoms with Crippen LogP contribution in [0.3, 0.4) is 0 Å². The Bertz CT molecular complexity index is 2480. The van der Waals surface area contributed by atoms with E-state index in [0.717, 1.165) is 43.9 Å². The van der Waals surface area contributed by atoms with Gasteiger partial charge in [-0.15, -0.1) is 11.3 Å². The first-order chi connectivity index (χ1) is 21.8. The van der Waals surface area contributed by atoms with Gasteiger partial charge in [-0.2, -0.15) is 0 Å². The Labute approximate surface area is 258 Å². The Morgan fingerprint density at radius 1 is 0.455 bits per heavy atom. The van der Waals surface area contributed by atoms with E-state index >= 15 is 0 Å². The smallest absolute Gasteiger partial charge is 0.160 e. The van der Waals surface area contributed by atoms with E-state index in [2.05, 4.69) is 138 Å². The zero-order valence-corrected chi connectivity index (χ0v) is 24.5. The zero-order valence-electron chi connectivity index (χ0n) is 23.7. The van der Waals surface area contributed by atoms with E-state index < -0.39 is 0 Å². The van der Waals surface area contributed by atoms with E-state index in [1.807, 2.05) is 18.2 Å². The summed E-state index contributed by atoms with van der Waals surface area (Å²) in [6, 6.07) is 53.5. The summed E-state index contributed by atoms with van der Waals surface area (Å²) >= 11 is 1.78. The molecule has 0 unspecified atom stereocenters. The van der Waals surface area contributed by atoms with Crippen LogP contribution in [0, 0.1) is 0 Å². The van der Waals surface area contributed by atoms with Gasteiger partial charge in [0.25, 0.3) is 0 Å². The number of benzene rings is 6. The van der Waals surface area contributed by atoms with Gasteiger partial charge in [-0.05, 0) is 47.5 Å². The average molecular weight is 580 g/mol. The average Bonchev–Trinajstić information content (AvgIpc) is 3.63. The summed E-state index contributed by atoms with van der Waals surface area (Å²) in [5.41, 5.74) is 9.95. The number of nitrogens with zero attached hydrogens (tertiary/aromatic N) is 3. The van der Waals surface area contributed by atoms with E-state index in [4.69, 9.17) is 9.97 Å². The summed E-state index contributed by atoms with van der Waals surface area (Å²) in [6.45, 7) is 0. The van der Waals surface area contributed by atoms with Crippen molar-refractivity contribution in [3.05, 3.63) is 152 Å². The van der Waals surface area contributed by atoms with Gasteiger partial charge in [0.2, 0.25) is 0 Å². The van der Waals surface area contributed by atoms with Gasteiger partial charge in [0, 0.05) is 37.7 Å². The molecule has 0 fully saturated rings. The molecule has 0 spiro atoms. The molecule has 6 aromatic carbocycles. The van der Waals surface area contributed by atoms with Crippen LogP contribution in [0.25, 0.3) is 81.6 Å². The quantitative estimate of drug-likeness (QED) is 0.208. The molecule has 44 heavy (non-hydrogen) atoms. The molecule has 0 aliphatic heterocycles. The van der Waals surface area contributed by atoms with Crippen LogP contribution in [-0.2, 0) is 0 Å². The van der Waals surface area contributed by atoms with Crippen LogP contribution >= 0.6 is 11.3 Å². The molecule has 3 nitrogen and oxygen atoms in total. The van der Waals surface area contributed by atoms with Crippen molar-refractivity contribution in [1.29, 1.82) is 0 Å². The molecule has 0 aliphatic carbocycles. The third-order valence-corrected chi connectivity index (χ3v) is 9.54. The highest BCUT2D eigenvalue weighted by Gasteiger charge is 2.20. The van der Waals surface area contributed by atoms with E-state index in [9.17, 15) is 0 Å². The molecule has 0 bridgehead atoms. The number of hydrogen-bond acceptors (Lipinski definition) is 3. The maximum Gasteiger partial charge on any atom is 0.160 e. The lowest BCUT2D eigenvalue weighted by atomic mass is 10.0. The van der Waals surface area contributed by atoms with E-state index in [0.29, 0.717) is 0 Å². The Morgan fingerprint density at radius 3 is 1.91 bits per heavy atom. The van der Waals surface area contributed by atoms with E-state index in [1.165, 1.54) is 37.6 Å². The fourth-order valence-corrected chi connectivity index (χ4v) is 7.52. The van der Waals surface area contributed by atoms with Gasteiger partial charge in [-0.25, -0.2) is 9.97 Å². The molecule has 0 radical (unpaired) electrons. The molecule has 3 heterocycles. The summed E-state index contributed by atoms with van der Waals surface area (Å²) < 4.78 is 4.69. The lowest BCUT2D eigenvalue weighted by molar-refractivity contribution is 1.18. The van der Waals surface area contributed by atoms with Crippen LogP contribution < -0.4 is 0 Å². The molecule has 0 aliphatic rings. The SMILES string of the molecule is c1ccc(-c2cccc(-c3nc(-c4ccccc4)nc4c3sc3cc5c6ccccc6n(-c6ccccc6)c5cc34)c2)cc1. The van der Waals surface area contributed by atoms with Crippen LogP contribution in [-0.4, -0.2) is 14.5 Å². The first kappa shape index (κ1) is 25.0. The standard InChI is InChI=1S/C40H25N3S/c1-4-13-26(14-5-1)28-17-12-18-29(23-28)37-39-38(42-40(41-37)27-15-6-2-7-16-27)33-24-35-32(25-36(33)44-39)31-21-10-11-22-34(31)43(35)30-19-8-3-9-20-30/h1-25H. The third kappa shape index (κ3) is 3.96. The van der Waals surface area contributed by atoms with E-state index in [-0.39, 0.29) is 0 Å². The molecule has 3 aromatic heterocycles. The molecule has 4 heteroatoms. The molecule has 9 rings (SSSR count). The molecule has 0 amide bonds. The predicted molar refractivity (Wildman–Crippen MR) is 186 cm³/mol. The van der Waals surface area contributed by atoms with Crippen molar-refractivity contribution in [3.63, 3.8) is 0 Å². The molecule has 0 saturated heterocycles. The molecule has 206 valence electrons. The Balaban J connectivity index is 1.37. The van der Waals surface area contributed by atoms with Gasteiger partial charge in [0.1, 0.15) is 0 Å². The molecule has 0 saturated carbocycles.